The van der Waals surface area contributed by atoms with Crippen LogP contribution in [0.2, 0.25) is 0 Å². The molecule has 0 unspecified atom stereocenters. The van der Waals surface area contributed by atoms with Crippen LogP contribution < -0.4 is 4.74 Å². The lowest BCUT2D eigenvalue weighted by Gasteiger charge is -2.09. The number of hydrogen-bond donors (Lipinski definition) is 0. The molecule has 3 aromatic rings. The van der Waals surface area contributed by atoms with Gasteiger partial charge >= 0.3 is 5.97 Å². The van der Waals surface area contributed by atoms with Crippen molar-refractivity contribution in [3.63, 3.8) is 0 Å². The molecule has 0 aliphatic heterocycles. The van der Waals surface area contributed by atoms with Crippen molar-refractivity contribution < 1.29 is 13.9 Å². The molecule has 0 fully saturated rings. The van der Waals surface area contributed by atoms with Gasteiger partial charge in [0, 0.05) is 11.6 Å². The molecule has 0 aliphatic carbocycles. The van der Waals surface area contributed by atoms with Gasteiger partial charge in [-0.25, -0.2) is 9.18 Å². The summed E-state index contributed by atoms with van der Waals surface area (Å²) in [6.07, 6.45) is 3.25. The first-order chi connectivity index (χ1) is 13.1. The summed E-state index contributed by atoms with van der Waals surface area (Å²) in [5, 5.41) is 0. The van der Waals surface area contributed by atoms with E-state index < -0.39 is 5.97 Å². The summed E-state index contributed by atoms with van der Waals surface area (Å²) < 4.78 is 19.7. The van der Waals surface area contributed by atoms with E-state index in [1.165, 1.54) is 5.56 Å². The Morgan fingerprint density at radius 1 is 0.963 bits per heavy atom. The van der Waals surface area contributed by atoms with Crippen LogP contribution in [0.15, 0.2) is 79.4 Å². The SMILES string of the molecule is C=CC(=O)Oc1ccc(-c2ccc(-c3ccc(CCC)cc3)cc2F)cc1. The molecule has 0 amide bonds. The summed E-state index contributed by atoms with van der Waals surface area (Å²) in [6, 6.07) is 20.2. The fourth-order valence-corrected chi connectivity index (χ4v) is 2.94. The van der Waals surface area contributed by atoms with Gasteiger partial charge < -0.3 is 4.74 Å². The van der Waals surface area contributed by atoms with Crippen LogP contribution in [0.25, 0.3) is 22.3 Å². The highest BCUT2D eigenvalue weighted by Gasteiger charge is 2.08. The molecule has 3 heteroatoms. The van der Waals surface area contributed by atoms with E-state index in [1.54, 1.807) is 36.4 Å². The predicted molar refractivity (Wildman–Crippen MR) is 107 cm³/mol. The van der Waals surface area contributed by atoms with E-state index in [9.17, 15) is 9.18 Å². The van der Waals surface area contributed by atoms with Gasteiger partial charge in [0.25, 0.3) is 0 Å². The van der Waals surface area contributed by atoms with Gasteiger partial charge in [0.05, 0.1) is 0 Å². The minimum atomic E-state index is -0.525. The first-order valence-electron chi connectivity index (χ1n) is 8.94. The molecular weight excluding hydrogens is 339 g/mol. The molecule has 0 N–H and O–H groups in total. The molecule has 0 aromatic heterocycles. The summed E-state index contributed by atoms with van der Waals surface area (Å²) in [7, 11) is 0. The van der Waals surface area contributed by atoms with Crippen LogP contribution in [-0.4, -0.2) is 5.97 Å². The van der Waals surface area contributed by atoms with Gasteiger partial charge in [-0.2, -0.15) is 0 Å². The zero-order valence-electron chi connectivity index (χ0n) is 15.2. The molecule has 136 valence electrons. The van der Waals surface area contributed by atoms with E-state index in [2.05, 4.69) is 25.6 Å². The second-order valence-corrected chi connectivity index (χ2v) is 6.29. The van der Waals surface area contributed by atoms with Crippen molar-refractivity contribution in [1.29, 1.82) is 0 Å². The van der Waals surface area contributed by atoms with E-state index in [0.29, 0.717) is 11.3 Å². The Morgan fingerprint density at radius 3 is 2.19 bits per heavy atom. The Hall–Kier alpha value is -3.20. The molecule has 0 spiro atoms. The molecule has 3 rings (SSSR count). The fraction of sp³-hybridized carbons (Fsp3) is 0.125. The van der Waals surface area contributed by atoms with Crippen molar-refractivity contribution in [2.24, 2.45) is 0 Å². The third kappa shape index (κ3) is 4.50. The van der Waals surface area contributed by atoms with Gasteiger partial charge in [0.2, 0.25) is 0 Å². The molecule has 3 aromatic carbocycles. The minimum Gasteiger partial charge on any atom is -0.423 e. The molecule has 27 heavy (non-hydrogen) atoms. The van der Waals surface area contributed by atoms with Crippen LogP contribution in [0.3, 0.4) is 0 Å². The molecule has 0 radical (unpaired) electrons. The Bertz CT molecular complexity index is 941. The molecule has 0 heterocycles. The normalized spacial score (nSPS) is 10.4. The fourth-order valence-electron chi connectivity index (χ4n) is 2.94. The van der Waals surface area contributed by atoms with Crippen molar-refractivity contribution in [2.75, 3.05) is 0 Å². The smallest absolute Gasteiger partial charge is 0.335 e. The van der Waals surface area contributed by atoms with Crippen molar-refractivity contribution in [1.82, 2.24) is 0 Å². The largest absolute Gasteiger partial charge is 0.423 e. The van der Waals surface area contributed by atoms with Crippen molar-refractivity contribution >= 4 is 5.97 Å². The van der Waals surface area contributed by atoms with E-state index in [0.717, 1.165) is 35.6 Å². The summed E-state index contributed by atoms with van der Waals surface area (Å²) in [4.78, 5) is 11.2. The number of ether oxygens (including phenoxy) is 1. The van der Waals surface area contributed by atoms with Crippen LogP contribution in [0, 0.1) is 5.82 Å². The summed E-state index contributed by atoms with van der Waals surface area (Å²) in [5.74, 6) is -0.419. The van der Waals surface area contributed by atoms with Crippen LogP contribution >= 0.6 is 0 Å². The lowest BCUT2D eigenvalue weighted by molar-refractivity contribution is -0.128. The van der Waals surface area contributed by atoms with Crippen molar-refractivity contribution in [3.8, 4) is 28.0 Å². The van der Waals surface area contributed by atoms with Gasteiger partial charge in [-0.3, -0.25) is 0 Å². The Labute approximate surface area is 158 Å². The van der Waals surface area contributed by atoms with E-state index >= 15 is 0 Å². The topological polar surface area (TPSA) is 26.3 Å². The van der Waals surface area contributed by atoms with Gasteiger partial charge in [0.1, 0.15) is 11.6 Å². The monoisotopic (exact) mass is 360 g/mol. The first kappa shape index (κ1) is 18.6. The predicted octanol–water partition coefficient (Wildman–Crippen LogP) is 6.20. The summed E-state index contributed by atoms with van der Waals surface area (Å²) in [6.45, 7) is 5.51. The highest BCUT2D eigenvalue weighted by atomic mass is 19.1. The van der Waals surface area contributed by atoms with Gasteiger partial charge in [0.15, 0.2) is 0 Å². The van der Waals surface area contributed by atoms with E-state index in [1.807, 2.05) is 18.2 Å². The second-order valence-electron chi connectivity index (χ2n) is 6.29. The number of carbonyl (C=O) groups is 1. The summed E-state index contributed by atoms with van der Waals surface area (Å²) >= 11 is 0. The van der Waals surface area contributed by atoms with E-state index in [4.69, 9.17) is 4.74 Å². The maximum Gasteiger partial charge on any atom is 0.335 e. The highest BCUT2D eigenvalue weighted by molar-refractivity contribution is 5.83. The standard InChI is InChI=1S/C24H21FO2/c1-3-5-17-6-8-18(9-7-17)20-12-15-22(23(25)16-20)19-10-13-21(14-11-19)27-24(26)4-2/h4,6-16H,2-3,5H2,1H3. The van der Waals surface area contributed by atoms with Crippen molar-refractivity contribution in [2.45, 2.75) is 19.8 Å². The molecule has 0 atom stereocenters. The van der Waals surface area contributed by atoms with Gasteiger partial charge in [-0.15, -0.1) is 0 Å². The minimum absolute atomic E-state index is 0.291. The number of carbonyl (C=O) groups excluding carboxylic acids is 1. The molecular formula is C24H21FO2. The third-order valence-corrected chi connectivity index (χ3v) is 4.35. The lowest BCUT2D eigenvalue weighted by atomic mass is 9.98. The Kier molecular flexibility index (Phi) is 5.82. The number of benzene rings is 3. The quantitative estimate of drug-likeness (QED) is 0.297. The number of rotatable bonds is 6. The Balaban J connectivity index is 1.82. The molecule has 0 saturated heterocycles. The first-order valence-corrected chi connectivity index (χ1v) is 8.94. The van der Waals surface area contributed by atoms with Gasteiger partial charge in [-0.1, -0.05) is 68.5 Å². The van der Waals surface area contributed by atoms with Crippen LogP contribution in [0.1, 0.15) is 18.9 Å². The molecule has 0 aliphatic rings. The molecule has 0 bridgehead atoms. The average molecular weight is 360 g/mol. The van der Waals surface area contributed by atoms with Crippen LogP contribution in [-0.2, 0) is 11.2 Å². The highest BCUT2D eigenvalue weighted by Crippen LogP contribution is 2.29. The van der Waals surface area contributed by atoms with Gasteiger partial charge in [-0.05, 0) is 46.9 Å². The maximum atomic E-state index is 14.7. The number of hydrogen-bond acceptors (Lipinski definition) is 2. The number of halogens is 1. The molecule has 2 nitrogen and oxygen atoms in total. The van der Waals surface area contributed by atoms with E-state index in [-0.39, 0.29) is 5.82 Å². The number of aryl methyl sites for hydroxylation is 1. The zero-order valence-corrected chi connectivity index (χ0v) is 15.2. The Morgan fingerprint density at radius 2 is 1.59 bits per heavy atom. The third-order valence-electron chi connectivity index (χ3n) is 4.35. The van der Waals surface area contributed by atoms with Crippen molar-refractivity contribution in [3.05, 3.63) is 90.8 Å². The number of esters is 1. The summed E-state index contributed by atoms with van der Waals surface area (Å²) in [5.41, 5.74) is 4.34. The van der Waals surface area contributed by atoms with Crippen LogP contribution in [0.4, 0.5) is 4.39 Å². The second kappa shape index (κ2) is 8.45. The lowest BCUT2D eigenvalue weighted by Crippen LogP contribution is -2.02. The average Bonchev–Trinajstić information content (AvgIpc) is 2.69. The molecule has 0 saturated carbocycles. The van der Waals surface area contributed by atoms with Crippen LogP contribution in [0.5, 0.6) is 5.75 Å². The zero-order chi connectivity index (χ0) is 19.2. The maximum absolute atomic E-state index is 14.7.